The molecule has 3 nitrogen and oxygen atoms in total. The second kappa shape index (κ2) is 7.68. The molecule has 0 aliphatic carbocycles. The number of benzene rings is 2. The summed E-state index contributed by atoms with van der Waals surface area (Å²) in [5.74, 6) is -0.300. The molecule has 1 heterocycles. The van der Waals surface area contributed by atoms with E-state index in [4.69, 9.17) is 4.74 Å². The van der Waals surface area contributed by atoms with Crippen LogP contribution in [-0.2, 0) is 4.74 Å². The number of hydrogen-bond donors (Lipinski definition) is 2. The van der Waals surface area contributed by atoms with Crippen molar-refractivity contribution < 1.29 is 19.1 Å². The first-order valence-electron chi connectivity index (χ1n) is 8.14. The van der Waals surface area contributed by atoms with Gasteiger partial charge in [-0.2, -0.15) is 0 Å². The van der Waals surface area contributed by atoms with E-state index in [2.05, 4.69) is 12.1 Å². The zero-order chi connectivity index (χ0) is 16.1. The van der Waals surface area contributed by atoms with E-state index in [1.807, 2.05) is 18.2 Å². The number of ether oxygens (including phenoxy) is 1. The van der Waals surface area contributed by atoms with Gasteiger partial charge in [0.25, 0.3) is 0 Å². The van der Waals surface area contributed by atoms with Crippen molar-refractivity contribution in [2.75, 3.05) is 32.8 Å². The number of nitrogens with one attached hydrogen (secondary N) is 1. The largest absolute Gasteiger partial charge is 0.388 e. The lowest BCUT2D eigenvalue weighted by Crippen LogP contribution is -3.14. The third-order valence-corrected chi connectivity index (χ3v) is 4.53. The van der Waals surface area contributed by atoms with E-state index < -0.39 is 6.10 Å². The minimum Gasteiger partial charge on any atom is -0.388 e. The summed E-state index contributed by atoms with van der Waals surface area (Å²) in [6.07, 6.45) is -0.645. The first kappa shape index (κ1) is 16.1. The number of aliphatic hydroxyl groups is 1. The highest BCUT2D eigenvalue weighted by Gasteiger charge is 2.28. The van der Waals surface area contributed by atoms with E-state index in [0.717, 1.165) is 44.0 Å². The maximum Gasteiger partial charge on any atom is 0.123 e. The Balaban J connectivity index is 1.83. The van der Waals surface area contributed by atoms with Gasteiger partial charge in [-0.3, -0.25) is 0 Å². The van der Waals surface area contributed by atoms with Crippen LogP contribution in [0.1, 0.15) is 23.1 Å². The van der Waals surface area contributed by atoms with Gasteiger partial charge < -0.3 is 14.7 Å². The first-order chi connectivity index (χ1) is 11.2. The van der Waals surface area contributed by atoms with Crippen LogP contribution in [0.15, 0.2) is 54.6 Å². The van der Waals surface area contributed by atoms with E-state index in [0.29, 0.717) is 0 Å². The Morgan fingerprint density at radius 2 is 1.61 bits per heavy atom. The Kier molecular flexibility index (Phi) is 5.39. The molecule has 0 radical (unpaired) electrons. The number of rotatable bonds is 5. The van der Waals surface area contributed by atoms with Crippen molar-refractivity contribution in [3.63, 3.8) is 0 Å². The van der Waals surface area contributed by atoms with Crippen LogP contribution in [0.4, 0.5) is 4.39 Å². The number of hydrogen-bond acceptors (Lipinski definition) is 2. The zero-order valence-corrected chi connectivity index (χ0v) is 13.1. The molecule has 3 rings (SSSR count). The summed E-state index contributed by atoms with van der Waals surface area (Å²) in [5.41, 5.74) is 1.87. The summed E-state index contributed by atoms with van der Waals surface area (Å²) in [5, 5.41) is 10.9. The van der Waals surface area contributed by atoms with Gasteiger partial charge in [0.1, 0.15) is 18.9 Å². The van der Waals surface area contributed by atoms with Crippen LogP contribution >= 0.6 is 0 Å². The van der Waals surface area contributed by atoms with Gasteiger partial charge in [0, 0.05) is 0 Å². The SMILES string of the molecule is O[C@H](c1ccc(F)cc1)[C@H](C[NH+]1CCOCC1)c1ccccc1. The van der Waals surface area contributed by atoms with Crippen LogP contribution in [0.3, 0.4) is 0 Å². The van der Waals surface area contributed by atoms with E-state index in [9.17, 15) is 9.50 Å². The van der Waals surface area contributed by atoms with Crippen LogP contribution in [0, 0.1) is 5.82 Å². The average molecular weight is 316 g/mol. The van der Waals surface area contributed by atoms with Gasteiger partial charge in [0.2, 0.25) is 0 Å². The Labute approximate surface area is 136 Å². The Morgan fingerprint density at radius 1 is 0.957 bits per heavy atom. The van der Waals surface area contributed by atoms with E-state index >= 15 is 0 Å². The highest BCUT2D eigenvalue weighted by atomic mass is 19.1. The molecule has 2 aromatic rings. The van der Waals surface area contributed by atoms with Crippen LogP contribution in [0.2, 0.25) is 0 Å². The molecule has 0 unspecified atom stereocenters. The molecule has 1 aliphatic heterocycles. The third-order valence-electron chi connectivity index (χ3n) is 4.53. The van der Waals surface area contributed by atoms with Crippen LogP contribution in [0.5, 0.6) is 0 Å². The summed E-state index contributed by atoms with van der Waals surface area (Å²) in [7, 11) is 0. The fourth-order valence-corrected chi connectivity index (χ4v) is 3.18. The van der Waals surface area contributed by atoms with E-state index in [1.165, 1.54) is 17.0 Å². The van der Waals surface area contributed by atoms with Gasteiger partial charge in [0.15, 0.2) is 0 Å². The molecule has 23 heavy (non-hydrogen) atoms. The molecular weight excluding hydrogens is 293 g/mol. The molecule has 0 spiro atoms. The Morgan fingerprint density at radius 3 is 2.26 bits per heavy atom. The molecule has 1 saturated heterocycles. The lowest BCUT2D eigenvalue weighted by atomic mass is 9.88. The highest BCUT2D eigenvalue weighted by Crippen LogP contribution is 2.30. The summed E-state index contributed by atoms with van der Waals surface area (Å²) in [6, 6.07) is 16.2. The Hall–Kier alpha value is -1.75. The van der Waals surface area contributed by atoms with E-state index in [1.54, 1.807) is 12.1 Å². The molecule has 2 N–H and O–H groups in total. The van der Waals surface area contributed by atoms with Crippen molar-refractivity contribution >= 4 is 0 Å². The molecule has 2 atom stereocenters. The quantitative estimate of drug-likeness (QED) is 0.878. The van der Waals surface area contributed by atoms with Crippen molar-refractivity contribution in [2.24, 2.45) is 0 Å². The normalized spacial score (nSPS) is 18.5. The molecular formula is C19H23FNO2+. The van der Waals surface area contributed by atoms with Gasteiger partial charge in [-0.25, -0.2) is 4.39 Å². The predicted octanol–water partition coefficient (Wildman–Crippen LogP) is 1.56. The maximum atomic E-state index is 13.1. The summed E-state index contributed by atoms with van der Waals surface area (Å²) in [4.78, 5) is 1.44. The summed E-state index contributed by atoms with van der Waals surface area (Å²) >= 11 is 0. The average Bonchev–Trinajstić information content (AvgIpc) is 2.61. The minimum absolute atomic E-state index is 0.0187. The lowest BCUT2D eigenvalue weighted by Gasteiger charge is -2.30. The highest BCUT2D eigenvalue weighted by molar-refractivity contribution is 5.27. The van der Waals surface area contributed by atoms with Gasteiger partial charge in [-0.15, -0.1) is 0 Å². The lowest BCUT2D eigenvalue weighted by molar-refractivity contribution is -0.909. The van der Waals surface area contributed by atoms with Crippen LogP contribution in [0.25, 0.3) is 0 Å². The van der Waals surface area contributed by atoms with Gasteiger partial charge in [-0.05, 0) is 23.3 Å². The third kappa shape index (κ3) is 4.16. The molecule has 0 bridgehead atoms. The molecule has 2 aromatic carbocycles. The van der Waals surface area contributed by atoms with Gasteiger partial charge in [0.05, 0.1) is 31.8 Å². The predicted molar refractivity (Wildman–Crippen MR) is 86.9 cm³/mol. The molecule has 0 aromatic heterocycles. The number of quaternary nitrogens is 1. The number of morpholine rings is 1. The van der Waals surface area contributed by atoms with Gasteiger partial charge in [-0.1, -0.05) is 42.5 Å². The van der Waals surface area contributed by atoms with Crippen molar-refractivity contribution in [3.8, 4) is 0 Å². The smallest absolute Gasteiger partial charge is 0.123 e. The molecule has 1 aliphatic rings. The summed E-state index contributed by atoms with van der Waals surface area (Å²) in [6.45, 7) is 4.29. The van der Waals surface area contributed by atoms with Crippen LogP contribution in [-0.4, -0.2) is 38.0 Å². The van der Waals surface area contributed by atoms with Crippen molar-refractivity contribution in [2.45, 2.75) is 12.0 Å². The monoisotopic (exact) mass is 316 g/mol. The van der Waals surface area contributed by atoms with Crippen molar-refractivity contribution in [3.05, 3.63) is 71.5 Å². The maximum absolute atomic E-state index is 13.1. The fraction of sp³-hybridized carbons (Fsp3) is 0.368. The van der Waals surface area contributed by atoms with Crippen molar-refractivity contribution in [1.29, 1.82) is 0 Å². The van der Waals surface area contributed by atoms with Gasteiger partial charge >= 0.3 is 0 Å². The van der Waals surface area contributed by atoms with E-state index in [-0.39, 0.29) is 11.7 Å². The number of halogens is 1. The second-order valence-electron chi connectivity index (χ2n) is 6.08. The standard InChI is InChI=1S/C19H22FNO2/c20-17-8-6-16(7-9-17)19(22)18(15-4-2-1-3-5-15)14-21-10-12-23-13-11-21/h1-9,18-19,22H,10-14H2/p+1/t18-,19-/m1/s1. The summed E-state index contributed by atoms with van der Waals surface area (Å²) < 4.78 is 18.6. The van der Waals surface area contributed by atoms with Crippen LogP contribution < -0.4 is 4.90 Å². The topological polar surface area (TPSA) is 33.9 Å². The fourth-order valence-electron chi connectivity index (χ4n) is 3.18. The molecule has 4 heteroatoms. The second-order valence-corrected chi connectivity index (χ2v) is 6.08. The molecule has 0 amide bonds. The number of aliphatic hydroxyl groups excluding tert-OH is 1. The zero-order valence-electron chi connectivity index (χ0n) is 13.1. The molecule has 0 saturated carbocycles. The minimum atomic E-state index is -0.645. The molecule has 122 valence electrons. The Bertz CT molecular complexity index is 597. The molecule has 1 fully saturated rings. The first-order valence-corrected chi connectivity index (χ1v) is 8.14. The van der Waals surface area contributed by atoms with Crippen molar-refractivity contribution in [1.82, 2.24) is 0 Å².